The second-order valence-corrected chi connectivity index (χ2v) is 4.10. The number of nitrogens with one attached hydrogen (secondary N) is 3. The molecule has 0 unspecified atom stereocenters. The van der Waals surface area contributed by atoms with Crippen LogP contribution in [0.5, 0.6) is 0 Å². The van der Waals surface area contributed by atoms with Crippen molar-refractivity contribution in [3.63, 3.8) is 0 Å². The van der Waals surface area contributed by atoms with Crippen molar-refractivity contribution < 1.29 is 19.5 Å². The van der Waals surface area contributed by atoms with Crippen LogP contribution in [0, 0.1) is 0 Å². The molecule has 108 valence electrons. The summed E-state index contributed by atoms with van der Waals surface area (Å²) in [4.78, 5) is 32.8. The van der Waals surface area contributed by atoms with Crippen LogP contribution in [0.3, 0.4) is 0 Å². The van der Waals surface area contributed by atoms with Crippen LogP contribution in [0.4, 0.5) is 4.79 Å². The summed E-state index contributed by atoms with van der Waals surface area (Å²) in [6.07, 6.45) is 0. The van der Waals surface area contributed by atoms with Crippen molar-refractivity contribution in [2.24, 2.45) is 0 Å². The standard InChI is InChI=1S/C13H17N3O4/c1-9(17)14-5-6-15-13(20)16-8-10-3-2-4-11(7-10)12(18)19/h2-4,7H,5-6,8H2,1H3,(H,14,17)(H,18,19)(H2,15,16,20). The molecule has 0 aliphatic heterocycles. The highest BCUT2D eigenvalue weighted by atomic mass is 16.4. The lowest BCUT2D eigenvalue weighted by atomic mass is 10.1. The molecule has 0 saturated carbocycles. The second kappa shape index (κ2) is 7.78. The highest BCUT2D eigenvalue weighted by Gasteiger charge is 2.04. The number of carbonyl (C=O) groups is 3. The molecule has 4 N–H and O–H groups in total. The molecule has 0 aliphatic carbocycles. The van der Waals surface area contributed by atoms with Crippen molar-refractivity contribution in [2.75, 3.05) is 13.1 Å². The SMILES string of the molecule is CC(=O)NCCNC(=O)NCc1cccc(C(=O)O)c1. The van der Waals surface area contributed by atoms with Crippen molar-refractivity contribution in [2.45, 2.75) is 13.5 Å². The lowest BCUT2D eigenvalue weighted by Crippen LogP contribution is -2.39. The zero-order valence-corrected chi connectivity index (χ0v) is 11.1. The van der Waals surface area contributed by atoms with E-state index in [-0.39, 0.29) is 24.0 Å². The van der Waals surface area contributed by atoms with Gasteiger partial charge in [-0.3, -0.25) is 4.79 Å². The lowest BCUT2D eigenvalue weighted by molar-refractivity contribution is -0.118. The first-order chi connectivity index (χ1) is 9.49. The first-order valence-corrected chi connectivity index (χ1v) is 6.07. The van der Waals surface area contributed by atoms with Gasteiger partial charge in [0.1, 0.15) is 0 Å². The summed E-state index contributed by atoms with van der Waals surface area (Å²) in [5, 5.41) is 16.6. The number of carbonyl (C=O) groups excluding carboxylic acids is 2. The largest absolute Gasteiger partial charge is 0.478 e. The molecule has 1 aromatic rings. The van der Waals surface area contributed by atoms with E-state index in [1.165, 1.54) is 19.1 Å². The van der Waals surface area contributed by atoms with Gasteiger partial charge in [0.25, 0.3) is 0 Å². The number of urea groups is 1. The van der Waals surface area contributed by atoms with Gasteiger partial charge in [0, 0.05) is 26.6 Å². The summed E-state index contributed by atoms with van der Waals surface area (Å²) in [6.45, 7) is 2.31. The van der Waals surface area contributed by atoms with Gasteiger partial charge in [-0.05, 0) is 17.7 Å². The Morgan fingerprint density at radius 3 is 2.45 bits per heavy atom. The number of carboxylic acids is 1. The Kier molecular flexibility index (Phi) is 6.02. The summed E-state index contributed by atoms with van der Waals surface area (Å²) in [5.74, 6) is -1.16. The van der Waals surface area contributed by atoms with Crippen LogP contribution < -0.4 is 16.0 Å². The van der Waals surface area contributed by atoms with Crippen LogP contribution in [-0.2, 0) is 11.3 Å². The third-order valence-corrected chi connectivity index (χ3v) is 2.41. The van der Waals surface area contributed by atoms with E-state index in [0.29, 0.717) is 18.7 Å². The second-order valence-electron chi connectivity index (χ2n) is 4.10. The maximum absolute atomic E-state index is 11.4. The molecule has 0 saturated heterocycles. The molecule has 20 heavy (non-hydrogen) atoms. The summed E-state index contributed by atoms with van der Waals surface area (Å²) >= 11 is 0. The zero-order chi connectivity index (χ0) is 15.0. The van der Waals surface area contributed by atoms with Crippen LogP contribution in [0.1, 0.15) is 22.8 Å². The van der Waals surface area contributed by atoms with E-state index < -0.39 is 5.97 Å². The van der Waals surface area contributed by atoms with Gasteiger partial charge < -0.3 is 21.1 Å². The van der Waals surface area contributed by atoms with Crippen molar-refractivity contribution >= 4 is 17.9 Å². The van der Waals surface area contributed by atoms with Crippen molar-refractivity contribution in [3.05, 3.63) is 35.4 Å². The average molecular weight is 279 g/mol. The van der Waals surface area contributed by atoms with Crippen molar-refractivity contribution in [1.82, 2.24) is 16.0 Å². The smallest absolute Gasteiger partial charge is 0.335 e. The van der Waals surface area contributed by atoms with Gasteiger partial charge in [-0.25, -0.2) is 9.59 Å². The first-order valence-electron chi connectivity index (χ1n) is 6.07. The Morgan fingerprint density at radius 2 is 1.80 bits per heavy atom. The van der Waals surface area contributed by atoms with Gasteiger partial charge in [0.05, 0.1) is 5.56 Å². The molecule has 0 heterocycles. The third kappa shape index (κ3) is 5.85. The molecule has 0 atom stereocenters. The Morgan fingerprint density at radius 1 is 1.10 bits per heavy atom. The van der Waals surface area contributed by atoms with E-state index in [1.807, 2.05) is 0 Å². The van der Waals surface area contributed by atoms with Crippen molar-refractivity contribution in [3.8, 4) is 0 Å². The van der Waals surface area contributed by atoms with E-state index in [4.69, 9.17) is 5.11 Å². The number of aromatic carboxylic acids is 1. The van der Waals surface area contributed by atoms with Gasteiger partial charge in [0.15, 0.2) is 0 Å². The fraction of sp³-hybridized carbons (Fsp3) is 0.308. The highest BCUT2D eigenvalue weighted by Crippen LogP contribution is 2.04. The van der Waals surface area contributed by atoms with Crippen molar-refractivity contribution in [1.29, 1.82) is 0 Å². The third-order valence-electron chi connectivity index (χ3n) is 2.41. The van der Waals surface area contributed by atoms with Crippen LogP contribution in [-0.4, -0.2) is 36.1 Å². The van der Waals surface area contributed by atoms with Gasteiger partial charge in [-0.15, -0.1) is 0 Å². The number of benzene rings is 1. The number of hydrogen-bond donors (Lipinski definition) is 4. The van der Waals surface area contributed by atoms with Gasteiger partial charge in [-0.2, -0.15) is 0 Å². The first kappa shape index (κ1) is 15.5. The molecule has 0 aromatic heterocycles. The van der Waals surface area contributed by atoms with Crippen LogP contribution in [0.2, 0.25) is 0 Å². The topological polar surface area (TPSA) is 108 Å². The van der Waals surface area contributed by atoms with E-state index in [2.05, 4.69) is 16.0 Å². The maximum Gasteiger partial charge on any atom is 0.335 e. The quantitative estimate of drug-likeness (QED) is 0.562. The molecule has 0 fully saturated rings. The molecule has 0 radical (unpaired) electrons. The normalized spacial score (nSPS) is 9.65. The molecule has 3 amide bonds. The van der Waals surface area contributed by atoms with E-state index in [1.54, 1.807) is 12.1 Å². The van der Waals surface area contributed by atoms with Gasteiger partial charge in [-0.1, -0.05) is 12.1 Å². The van der Waals surface area contributed by atoms with Crippen LogP contribution >= 0.6 is 0 Å². The number of hydrogen-bond acceptors (Lipinski definition) is 3. The van der Waals surface area contributed by atoms with E-state index >= 15 is 0 Å². The summed E-state index contributed by atoms with van der Waals surface area (Å²) in [5.41, 5.74) is 0.872. The van der Waals surface area contributed by atoms with Gasteiger partial charge in [0.2, 0.25) is 5.91 Å². The van der Waals surface area contributed by atoms with E-state index in [9.17, 15) is 14.4 Å². The number of amides is 3. The molecule has 7 heteroatoms. The van der Waals surface area contributed by atoms with Crippen LogP contribution in [0.25, 0.3) is 0 Å². The summed E-state index contributed by atoms with van der Waals surface area (Å²) in [6, 6.07) is 5.95. The van der Waals surface area contributed by atoms with E-state index in [0.717, 1.165) is 0 Å². The predicted molar refractivity (Wildman–Crippen MR) is 72.3 cm³/mol. The zero-order valence-electron chi connectivity index (χ0n) is 11.1. The number of rotatable bonds is 6. The Hall–Kier alpha value is -2.57. The summed E-state index contributed by atoms with van der Waals surface area (Å²) in [7, 11) is 0. The predicted octanol–water partition coefficient (Wildman–Crippen LogP) is 0.320. The highest BCUT2D eigenvalue weighted by molar-refractivity contribution is 5.87. The Bertz CT molecular complexity index is 502. The monoisotopic (exact) mass is 279 g/mol. The molecule has 7 nitrogen and oxygen atoms in total. The Balaban J connectivity index is 2.32. The summed E-state index contributed by atoms with van der Waals surface area (Å²) < 4.78 is 0. The minimum atomic E-state index is -1.01. The van der Waals surface area contributed by atoms with Crippen LogP contribution in [0.15, 0.2) is 24.3 Å². The molecule has 1 aromatic carbocycles. The lowest BCUT2D eigenvalue weighted by Gasteiger charge is -2.08. The molecular weight excluding hydrogens is 262 g/mol. The average Bonchev–Trinajstić information content (AvgIpc) is 2.41. The fourth-order valence-corrected chi connectivity index (χ4v) is 1.47. The molecule has 0 aliphatic rings. The maximum atomic E-state index is 11.4. The molecular formula is C13H17N3O4. The molecule has 1 rings (SSSR count). The van der Waals surface area contributed by atoms with Gasteiger partial charge >= 0.3 is 12.0 Å². The fourth-order valence-electron chi connectivity index (χ4n) is 1.47. The Labute approximate surface area is 116 Å². The minimum absolute atomic E-state index is 0.155. The minimum Gasteiger partial charge on any atom is -0.478 e. The molecule has 0 spiro atoms. The molecule has 0 bridgehead atoms. The number of carboxylic acid groups (broad SMARTS) is 1.